The Balaban J connectivity index is 2.13. The second kappa shape index (κ2) is 8.38. The Kier molecular flexibility index (Phi) is 6.11. The first-order valence-electron chi connectivity index (χ1n) is 8.30. The number of carboxylic acids is 1. The molecule has 28 heavy (non-hydrogen) atoms. The van der Waals surface area contributed by atoms with Crippen molar-refractivity contribution >= 4 is 40.5 Å². The summed E-state index contributed by atoms with van der Waals surface area (Å²) in [5.41, 5.74) is 1.78. The molecule has 2 aromatic heterocycles. The maximum atomic E-state index is 11.6. The van der Waals surface area contributed by atoms with Crippen molar-refractivity contribution in [2.24, 2.45) is 0 Å². The van der Waals surface area contributed by atoms with Crippen LogP contribution in [0, 0.1) is 18.8 Å². The first kappa shape index (κ1) is 20.4. The molecule has 3 rings (SSSR count). The van der Waals surface area contributed by atoms with Gasteiger partial charge in [-0.25, -0.2) is 9.48 Å². The molecule has 5 nitrogen and oxygen atoms in total. The van der Waals surface area contributed by atoms with Crippen LogP contribution in [0.5, 0.6) is 0 Å². The highest BCUT2D eigenvalue weighted by atomic mass is 35.5. The molecule has 0 unspecified atom stereocenters. The van der Waals surface area contributed by atoms with Gasteiger partial charge in [-0.05, 0) is 51.4 Å². The van der Waals surface area contributed by atoms with Crippen LogP contribution >= 0.6 is 34.5 Å². The van der Waals surface area contributed by atoms with E-state index in [1.165, 1.54) is 11.3 Å². The number of nitrogens with zero attached hydrogens (tertiary/aromatic N) is 3. The second-order valence-corrected chi connectivity index (χ2v) is 8.27. The summed E-state index contributed by atoms with van der Waals surface area (Å²) in [6, 6.07) is 8.85. The summed E-state index contributed by atoms with van der Waals surface area (Å²) >= 11 is 13.8. The molecule has 0 radical (unpaired) electrons. The largest absolute Gasteiger partial charge is 0.476 e. The van der Waals surface area contributed by atoms with E-state index in [4.69, 9.17) is 23.2 Å². The predicted molar refractivity (Wildman–Crippen MR) is 114 cm³/mol. The molecule has 0 amide bonds. The van der Waals surface area contributed by atoms with Crippen LogP contribution in [-0.2, 0) is 0 Å². The summed E-state index contributed by atoms with van der Waals surface area (Å²) in [5, 5.41) is 14.7. The Labute approximate surface area is 177 Å². The Bertz CT molecular complexity index is 1110. The van der Waals surface area contributed by atoms with Gasteiger partial charge in [0.25, 0.3) is 0 Å². The molecule has 0 fully saturated rings. The van der Waals surface area contributed by atoms with Gasteiger partial charge in [-0.15, -0.1) is 11.3 Å². The smallest absolute Gasteiger partial charge is 0.356 e. The van der Waals surface area contributed by atoms with E-state index in [0.717, 1.165) is 9.75 Å². The molecule has 8 heteroatoms. The predicted octanol–water partition coefficient (Wildman–Crippen LogP) is 4.83. The summed E-state index contributed by atoms with van der Waals surface area (Å²) in [6.07, 6.45) is 0. The van der Waals surface area contributed by atoms with Gasteiger partial charge in [0.05, 0.1) is 32.7 Å². The average Bonchev–Trinajstić information content (AvgIpc) is 3.19. The van der Waals surface area contributed by atoms with Crippen molar-refractivity contribution in [1.29, 1.82) is 0 Å². The highest BCUT2D eigenvalue weighted by Gasteiger charge is 2.23. The van der Waals surface area contributed by atoms with Gasteiger partial charge in [-0.3, -0.25) is 4.90 Å². The molecule has 3 aromatic rings. The van der Waals surface area contributed by atoms with Crippen LogP contribution < -0.4 is 0 Å². The summed E-state index contributed by atoms with van der Waals surface area (Å²) in [5.74, 6) is 5.14. The van der Waals surface area contributed by atoms with Gasteiger partial charge in [0, 0.05) is 10.6 Å². The number of rotatable bonds is 4. The van der Waals surface area contributed by atoms with E-state index in [-0.39, 0.29) is 5.69 Å². The van der Waals surface area contributed by atoms with Gasteiger partial charge in [0.15, 0.2) is 5.69 Å². The van der Waals surface area contributed by atoms with Crippen molar-refractivity contribution in [2.45, 2.75) is 6.92 Å². The van der Waals surface area contributed by atoms with Crippen LogP contribution in [-0.4, -0.2) is 46.4 Å². The molecular formula is C20H17Cl2N3O2S. The lowest BCUT2D eigenvalue weighted by atomic mass is 10.1. The molecule has 0 aliphatic carbocycles. The Morgan fingerprint density at radius 1 is 1.29 bits per heavy atom. The minimum absolute atomic E-state index is 0.0188. The number of benzene rings is 1. The molecule has 0 bridgehead atoms. The maximum Gasteiger partial charge on any atom is 0.356 e. The van der Waals surface area contributed by atoms with Gasteiger partial charge in [0.2, 0.25) is 0 Å². The van der Waals surface area contributed by atoms with Crippen molar-refractivity contribution in [2.75, 3.05) is 20.6 Å². The summed E-state index contributed by atoms with van der Waals surface area (Å²) in [6.45, 7) is 2.40. The molecule has 0 spiro atoms. The minimum Gasteiger partial charge on any atom is -0.476 e. The van der Waals surface area contributed by atoms with Crippen molar-refractivity contribution in [3.05, 3.63) is 56.5 Å². The summed E-state index contributed by atoms with van der Waals surface area (Å²) in [7, 11) is 3.92. The lowest BCUT2D eigenvalue weighted by Gasteiger charge is -2.09. The number of halogens is 2. The maximum absolute atomic E-state index is 11.6. The molecule has 0 saturated carbocycles. The van der Waals surface area contributed by atoms with E-state index in [9.17, 15) is 9.90 Å². The Hall–Kier alpha value is -2.30. The summed E-state index contributed by atoms with van der Waals surface area (Å²) in [4.78, 5) is 15.4. The highest BCUT2D eigenvalue weighted by Crippen LogP contribution is 2.35. The van der Waals surface area contributed by atoms with Crippen LogP contribution in [0.25, 0.3) is 16.3 Å². The van der Waals surface area contributed by atoms with Gasteiger partial charge < -0.3 is 5.11 Å². The minimum atomic E-state index is -1.09. The topological polar surface area (TPSA) is 58.4 Å². The van der Waals surface area contributed by atoms with Crippen LogP contribution in [0.1, 0.15) is 20.9 Å². The molecule has 2 heterocycles. The molecular weight excluding hydrogens is 417 g/mol. The molecule has 1 N–H and O–H groups in total. The van der Waals surface area contributed by atoms with E-state index in [1.54, 1.807) is 29.8 Å². The monoisotopic (exact) mass is 433 g/mol. The van der Waals surface area contributed by atoms with Crippen LogP contribution in [0.2, 0.25) is 10.0 Å². The number of hydrogen-bond donors (Lipinski definition) is 1. The molecule has 144 valence electrons. The van der Waals surface area contributed by atoms with Gasteiger partial charge >= 0.3 is 5.97 Å². The number of thiophene rings is 1. The number of aromatic nitrogens is 2. The van der Waals surface area contributed by atoms with Gasteiger partial charge in [-0.1, -0.05) is 35.0 Å². The lowest BCUT2D eigenvalue weighted by molar-refractivity contribution is 0.0689. The molecule has 0 saturated heterocycles. The third-order valence-electron chi connectivity index (χ3n) is 3.91. The normalized spacial score (nSPS) is 10.8. The Morgan fingerprint density at radius 2 is 2.04 bits per heavy atom. The molecule has 0 aliphatic rings. The number of aromatic carboxylic acids is 1. The van der Waals surface area contributed by atoms with Crippen molar-refractivity contribution in [3.8, 4) is 28.1 Å². The Morgan fingerprint density at radius 3 is 2.68 bits per heavy atom. The van der Waals surface area contributed by atoms with Crippen molar-refractivity contribution < 1.29 is 9.90 Å². The van der Waals surface area contributed by atoms with E-state index >= 15 is 0 Å². The zero-order chi connectivity index (χ0) is 20.4. The fourth-order valence-corrected chi connectivity index (χ4v) is 4.09. The number of carboxylic acid groups (broad SMARTS) is 1. The average molecular weight is 434 g/mol. The number of hydrogen-bond acceptors (Lipinski definition) is 4. The van der Waals surface area contributed by atoms with Crippen LogP contribution in [0.4, 0.5) is 0 Å². The summed E-state index contributed by atoms with van der Waals surface area (Å²) < 4.78 is 1.56. The zero-order valence-electron chi connectivity index (χ0n) is 15.5. The highest BCUT2D eigenvalue weighted by molar-refractivity contribution is 7.16. The van der Waals surface area contributed by atoms with Gasteiger partial charge in [-0.2, -0.15) is 5.10 Å². The molecule has 1 aromatic carbocycles. The number of carbonyl (C=O) groups is 1. The third-order valence-corrected chi connectivity index (χ3v) is 5.45. The second-order valence-electron chi connectivity index (χ2n) is 6.34. The van der Waals surface area contributed by atoms with E-state index in [0.29, 0.717) is 33.5 Å². The third kappa shape index (κ3) is 4.23. The first-order chi connectivity index (χ1) is 13.3. The van der Waals surface area contributed by atoms with Crippen LogP contribution in [0.15, 0.2) is 30.3 Å². The fourth-order valence-electron chi connectivity index (χ4n) is 2.63. The first-order valence-corrected chi connectivity index (χ1v) is 9.87. The van der Waals surface area contributed by atoms with Crippen molar-refractivity contribution in [3.63, 3.8) is 0 Å². The molecule has 0 aliphatic heterocycles. The lowest BCUT2D eigenvalue weighted by Crippen LogP contribution is -2.10. The molecule has 0 atom stereocenters. The van der Waals surface area contributed by atoms with E-state index in [2.05, 4.69) is 16.9 Å². The van der Waals surface area contributed by atoms with Crippen LogP contribution in [0.3, 0.4) is 0 Å². The quantitative estimate of drug-likeness (QED) is 0.598. The van der Waals surface area contributed by atoms with E-state index in [1.807, 2.05) is 31.1 Å². The van der Waals surface area contributed by atoms with Crippen molar-refractivity contribution in [1.82, 2.24) is 14.7 Å². The zero-order valence-corrected chi connectivity index (χ0v) is 17.8. The standard InChI is InChI=1S/C20H17Cl2N3O2S/c1-12-18(20(26)27)23-25(16-8-6-13(21)11-15(16)22)19(12)17-9-7-14(28-17)5-4-10-24(2)3/h6-9,11H,10H2,1-3H3,(H,26,27). The van der Waals surface area contributed by atoms with Gasteiger partial charge in [0.1, 0.15) is 0 Å². The van der Waals surface area contributed by atoms with E-state index < -0.39 is 5.97 Å². The fraction of sp³-hybridized carbons (Fsp3) is 0.200. The SMILES string of the molecule is Cc1c(C(=O)O)nn(-c2ccc(Cl)cc2Cl)c1-c1ccc(C#CCN(C)C)s1.